The van der Waals surface area contributed by atoms with E-state index in [-0.39, 0.29) is 22.9 Å². The third-order valence-electron chi connectivity index (χ3n) is 5.39. The Labute approximate surface area is 166 Å². The van der Waals surface area contributed by atoms with Gasteiger partial charge in [-0.2, -0.15) is 0 Å². The summed E-state index contributed by atoms with van der Waals surface area (Å²) >= 11 is 0. The first-order valence-corrected chi connectivity index (χ1v) is 13.2. The molecular formula is C22H38O4Si. The molecule has 0 amide bonds. The molecule has 0 unspecified atom stereocenters. The van der Waals surface area contributed by atoms with E-state index in [9.17, 15) is 9.59 Å². The van der Waals surface area contributed by atoms with Gasteiger partial charge in [0.2, 0.25) is 0 Å². The molecule has 0 N–H and O–H groups in total. The van der Waals surface area contributed by atoms with Gasteiger partial charge < -0.3 is 9.16 Å². The van der Waals surface area contributed by atoms with Crippen LogP contribution in [0.1, 0.15) is 72.6 Å². The normalized spacial score (nSPS) is 18.2. The fourth-order valence-electron chi connectivity index (χ4n) is 2.58. The quantitative estimate of drug-likeness (QED) is 0.255. The lowest BCUT2D eigenvalue weighted by atomic mass is 10.1. The van der Waals surface area contributed by atoms with Crippen LogP contribution >= 0.6 is 0 Å². The standard InChI is InChI=1S/C22H38O4Si/c1-7-8-15-25-21(24)14-12-10-9-11-13-18-16-19(17-20(18)23)26-27(5,6)22(2,3)4/h11,13,16,19H,7-10,12,14-15,17H2,1-6H3/b13-11-/t19-/m0/s1. The van der Waals surface area contributed by atoms with Gasteiger partial charge in [0, 0.05) is 18.4 Å². The van der Waals surface area contributed by atoms with Crippen LogP contribution in [0.5, 0.6) is 0 Å². The highest BCUT2D eigenvalue weighted by Crippen LogP contribution is 2.38. The minimum absolute atomic E-state index is 0.0871. The SMILES string of the molecule is CCCCOC(=O)CCCC/C=C\C1=C[C@H](O[Si](C)(C)C(C)(C)C)CC1=O. The second kappa shape index (κ2) is 11.0. The van der Waals surface area contributed by atoms with Gasteiger partial charge in [-0.05, 0) is 49.9 Å². The van der Waals surface area contributed by atoms with Crippen molar-refractivity contribution in [3.8, 4) is 0 Å². The first-order chi connectivity index (χ1) is 12.6. The molecule has 1 aliphatic rings. The zero-order chi connectivity index (χ0) is 20.5. The molecule has 27 heavy (non-hydrogen) atoms. The number of ketones is 1. The Morgan fingerprint density at radius 1 is 1.26 bits per heavy atom. The molecule has 154 valence electrons. The predicted octanol–water partition coefficient (Wildman–Crippen LogP) is 5.74. The van der Waals surface area contributed by atoms with Crippen LogP contribution in [-0.2, 0) is 18.8 Å². The molecule has 0 fully saturated rings. The maximum Gasteiger partial charge on any atom is 0.305 e. The molecule has 5 heteroatoms. The molecule has 4 nitrogen and oxygen atoms in total. The first kappa shape index (κ1) is 23.8. The summed E-state index contributed by atoms with van der Waals surface area (Å²) in [7, 11) is -1.87. The number of rotatable bonds is 11. The summed E-state index contributed by atoms with van der Waals surface area (Å²) in [6.45, 7) is 13.7. The number of carbonyl (C=O) groups excluding carboxylic acids is 2. The Hall–Kier alpha value is -1.20. The van der Waals surface area contributed by atoms with E-state index in [0.29, 0.717) is 19.4 Å². The molecule has 0 saturated carbocycles. The molecule has 0 spiro atoms. The topological polar surface area (TPSA) is 52.6 Å². The minimum atomic E-state index is -1.87. The zero-order valence-corrected chi connectivity index (χ0v) is 19.1. The molecule has 0 bridgehead atoms. The Kier molecular flexibility index (Phi) is 9.67. The molecule has 0 heterocycles. The third kappa shape index (κ3) is 8.56. The van der Waals surface area contributed by atoms with Crippen LogP contribution in [0.3, 0.4) is 0 Å². The lowest BCUT2D eigenvalue weighted by Gasteiger charge is -2.37. The predicted molar refractivity (Wildman–Crippen MR) is 113 cm³/mol. The van der Waals surface area contributed by atoms with Crippen molar-refractivity contribution in [1.29, 1.82) is 0 Å². The smallest absolute Gasteiger partial charge is 0.305 e. The molecular weight excluding hydrogens is 356 g/mol. The molecule has 0 aliphatic heterocycles. The second-order valence-electron chi connectivity index (χ2n) is 8.89. The van der Waals surface area contributed by atoms with Gasteiger partial charge in [0.05, 0.1) is 12.7 Å². The van der Waals surface area contributed by atoms with Crippen LogP contribution in [0.2, 0.25) is 18.1 Å². The van der Waals surface area contributed by atoms with Crippen molar-refractivity contribution in [3.63, 3.8) is 0 Å². The average molecular weight is 395 g/mol. The summed E-state index contributed by atoms with van der Waals surface area (Å²) in [5.41, 5.74) is 0.762. The van der Waals surface area contributed by atoms with E-state index in [1.54, 1.807) is 0 Å². The number of esters is 1. The highest BCUT2D eigenvalue weighted by atomic mass is 28.4. The maximum atomic E-state index is 12.2. The summed E-state index contributed by atoms with van der Waals surface area (Å²) < 4.78 is 11.5. The monoisotopic (exact) mass is 394 g/mol. The van der Waals surface area contributed by atoms with E-state index in [4.69, 9.17) is 9.16 Å². The van der Waals surface area contributed by atoms with Crippen molar-refractivity contribution < 1.29 is 18.8 Å². The van der Waals surface area contributed by atoms with E-state index in [2.05, 4.69) is 40.8 Å². The van der Waals surface area contributed by atoms with Crippen molar-refractivity contribution in [2.24, 2.45) is 0 Å². The number of allylic oxidation sites excluding steroid dienone is 3. The van der Waals surface area contributed by atoms with Gasteiger partial charge >= 0.3 is 5.97 Å². The Bertz CT molecular complexity index is 555. The summed E-state index contributed by atoms with van der Waals surface area (Å²) in [4.78, 5) is 23.7. The van der Waals surface area contributed by atoms with Crippen LogP contribution in [0, 0.1) is 0 Å². The van der Waals surface area contributed by atoms with Gasteiger partial charge in [-0.1, -0.05) is 46.3 Å². The highest BCUT2D eigenvalue weighted by Gasteiger charge is 2.40. The van der Waals surface area contributed by atoms with E-state index < -0.39 is 8.32 Å². The largest absolute Gasteiger partial charge is 0.466 e. The molecule has 0 saturated heterocycles. The van der Waals surface area contributed by atoms with Gasteiger partial charge in [-0.25, -0.2) is 0 Å². The summed E-state index contributed by atoms with van der Waals surface area (Å²) in [6, 6.07) is 0. The van der Waals surface area contributed by atoms with Crippen LogP contribution in [0.4, 0.5) is 0 Å². The third-order valence-corrected chi connectivity index (χ3v) is 9.89. The Balaban J connectivity index is 2.34. The fraction of sp³-hybridized carbons (Fsp3) is 0.727. The van der Waals surface area contributed by atoms with Gasteiger partial charge in [0.25, 0.3) is 0 Å². The fourth-order valence-corrected chi connectivity index (χ4v) is 3.84. The number of Topliss-reactive ketones (excluding diaryl/α,β-unsaturated/α-hetero) is 1. The van der Waals surface area contributed by atoms with Crippen molar-refractivity contribution in [2.45, 2.75) is 96.9 Å². The summed E-state index contributed by atoms with van der Waals surface area (Å²) in [5.74, 6) is 0.0567. The van der Waals surface area contributed by atoms with Crippen LogP contribution < -0.4 is 0 Å². The van der Waals surface area contributed by atoms with Gasteiger partial charge in [-0.3, -0.25) is 9.59 Å². The lowest BCUT2D eigenvalue weighted by Crippen LogP contribution is -2.43. The molecule has 0 aromatic heterocycles. The van der Waals surface area contributed by atoms with Crippen LogP contribution in [-0.4, -0.2) is 32.8 Å². The van der Waals surface area contributed by atoms with Crippen molar-refractivity contribution in [3.05, 3.63) is 23.8 Å². The zero-order valence-electron chi connectivity index (χ0n) is 18.1. The van der Waals surface area contributed by atoms with Crippen molar-refractivity contribution >= 4 is 20.1 Å². The van der Waals surface area contributed by atoms with Crippen LogP contribution in [0.25, 0.3) is 0 Å². The number of ether oxygens (including phenoxy) is 1. The molecule has 1 atom stereocenters. The molecule has 0 radical (unpaired) electrons. The van der Waals surface area contributed by atoms with Gasteiger partial charge in [0.1, 0.15) is 0 Å². The number of hydrogen-bond acceptors (Lipinski definition) is 4. The average Bonchev–Trinajstić information content (AvgIpc) is 2.88. The summed E-state index contributed by atoms with van der Waals surface area (Å²) in [5, 5.41) is 0.139. The molecule has 1 rings (SSSR count). The first-order valence-electron chi connectivity index (χ1n) is 10.3. The van der Waals surface area contributed by atoms with Gasteiger partial charge in [0.15, 0.2) is 14.1 Å². The van der Waals surface area contributed by atoms with E-state index in [0.717, 1.165) is 37.7 Å². The number of unbranched alkanes of at least 4 members (excludes halogenated alkanes) is 3. The van der Waals surface area contributed by atoms with E-state index >= 15 is 0 Å². The number of hydrogen-bond donors (Lipinski definition) is 0. The Morgan fingerprint density at radius 3 is 2.59 bits per heavy atom. The summed E-state index contributed by atoms with van der Waals surface area (Å²) in [6.07, 6.45) is 11.3. The molecule has 1 aliphatic carbocycles. The highest BCUT2D eigenvalue weighted by molar-refractivity contribution is 6.74. The Morgan fingerprint density at radius 2 is 1.96 bits per heavy atom. The van der Waals surface area contributed by atoms with Crippen molar-refractivity contribution in [1.82, 2.24) is 0 Å². The molecule has 0 aromatic carbocycles. The molecule has 0 aromatic rings. The van der Waals surface area contributed by atoms with E-state index in [1.807, 2.05) is 18.2 Å². The maximum absolute atomic E-state index is 12.2. The van der Waals surface area contributed by atoms with Crippen molar-refractivity contribution in [2.75, 3.05) is 6.61 Å². The van der Waals surface area contributed by atoms with Gasteiger partial charge in [-0.15, -0.1) is 0 Å². The lowest BCUT2D eigenvalue weighted by molar-refractivity contribution is -0.143. The van der Waals surface area contributed by atoms with Crippen LogP contribution in [0.15, 0.2) is 23.8 Å². The minimum Gasteiger partial charge on any atom is -0.466 e. The second-order valence-corrected chi connectivity index (χ2v) is 13.6. The number of carbonyl (C=O) groups is 2. The van der Waals surface area contributed by atoms with E-state index in [1.165, 1.54) is 0 Å².